The van der Waals surface area contributed by atoms with Crippen LogP contribution in [0, 0.1) is 0 Å². The predicted octanol–water partition coefficient (Wildman–Crippen LogP) is 2.60. The third-order valence-electron chi connectivity index (χ3n) is 3.48. The zero-order valence-electron chi connectivity index (χ0n) is 11.2. The van der Waals surface area contributed by atoms with Crippen molar-refractivity contribution in [2.24, 2.45) is 0 Å². The molecule has 0 radical (unpaired) electrons. The first-order chi connectivity index (χ1) is 10.6. The third kappa shape index (κ3) is 1.77. The molecule has 1 aliphatic rings. The minimum absolute atomic E-state index is 0.0156. The Bertz CT molecular complexity index is 939. The number of hydrogen-bond donors (Lipinski definition) is 2. The van der Waals surface area contributed by atoms with Gasteiger partial charge in [-0.2, -0.15) is 0 Å². The van der Waals surface area contributed by atoms with Gasteiger partial charge in [0.15, 0.2) is 16.9 Å². The second-order valence-corrected chi connectivity index (χ2v) is 4.85. The van der Waals surface area contributed by atoms with Gasteiger partial charge in [-0.05, 0) is 24.3 Å². The first-order valence-corrected chi connectivity index (χ1v) is 6.52. The zero-order chi connectivity index (χ0) is 15.3. The number of benzene rings is 2. The standard InChI is InChI=1S/C16H10O6/c17-9-3-1-8(2-4-9)11-5-10(18)14-12(22-11)6-13-16(15(14)19)21-7-20-13/h1-6,17,19H,7H2. The van der Waals surface area contributed by atoms with E-state index in [1.54, 1.807) is 12.1 Å². The van der Waals surface area contributed by atoms with Crippen molar-refractivity contribution >= 4 is 11.0 Å². The Kier molecular flexibility index (Phi) is 2.53. The summed E-state index contributed by atoms with van der Waals surface area (Å²) in [6.07, 6.45) is 0. The molecule has 0 fully saturated rings. The van der Waals surface area contributed by atoms with Gasteiger partial charge in [0, 0.05) is 17.7 Å². The summed E-state index contributed by atoms with van der Waals surface area (Å²) in [6, 6.07) is 9.06. The SMILES string of the molecule is O=c1cc(-c2ccc(O)cc2)oc2cc3c(c(O)c12)OCO3. The predicted molar refractivity (Wildman–Crippen MR) is 77.4 cm³/mol. The average Bonchev–Trinajstić information content (AvgIpc) is 2.96. The van der Waals surface area contributed by atoms with Gasteiger partial charge in [-0.3, -0.25) is 4.79 Å². The Balaban J connectivity index is 1.99. The third-order valence-corrected chi connectivity index (χ3v) is 3.48. The zero-order valence-corrected chi connectivity index (χ0v) is 11.2. The van der Waals surface area contributed by atoms with Gasteiger partial charge in [-0.25, -0.2) is 0 Å². The van der Waals surface area contributed by atoms with Gasteiger partial charge in [0.25, 0.3) is 0 Å². The van der Waals surface area contributed by atoms with E-state index < -0.39 is 0 Å². The van der Waals surface area contributed by atoms with Crippen LogP contribution in [-0.2, 0) is 0 Å². The molecule has 6 nitrogen and oxygen atoms in total. The van der Waals surface area contributed by atoms with Crippen LogP contribution in [-0.4, -0.2) is 17.0 Å². The molecule has 0 spiro atoms. The van der Waals surface area contributed by atoms with E-state index in [9.17, 15) is 15.0 Å². The van der Waals surface area contributed by atoms with E-state index in [0.717, 1.165) is 0 Å². The van der Waals surface area contributed by atoms with Crippen LogP contribution in [0.2, 0.25) is 0 Å². The van der Waals surface area contributed by atoms with Gasteiger partial charge in [-0.1, -0.05) is 0 Å². The molecule has 6 heteroatoms. The van der Waals surface area contributed by atoms with E-state index in [1.165, 1.54) is 24.3 Å². The molecule has 4 rings (SSSR count). The van der Waals surface area contributed by atoms with Gasteiger partial charge in [0.1, 0.15) is 22.5 Å². The number of phenols is 2. The molecule has 2 heterocycles. The summed E-state index contributed by atoms with van der Waals surface area (Å²) in [5.74, 6) is 0.646. The maximum atomic E-state index is 12.3. The lowest BCUT2D eigenvalue weighted by Gasteiger charge is -2.06. The van der Waals surface area contributed by atoms with Crippen LogP contribution in [0.1, 0.15) is 0 Å². The molecule has 1 aromatic heterocycles. The Morgan fingerprint density at radius 1 is 1.00 bits per heavy atom. The number of ether oxygens (including phenoxy) is 2. The van der Waals surface area contributed by atoms with Crippen molar-refractivity contribution in [1.29, 1.82) is 0 Å². The second kappa shape index (κ2) is 4.42. The van der Waals surface area contributed by atoms with Crippen molar-refractivity contribution < 1.29 is 24.1 Å². The Morgan fingerprint density at radius 2 is 1.77 bits per heavy atom. The summed E-state index contributed by atoms with van der Waals surface area (Å²) in [6.45, 7) is -0.0156. The summed E-state index contributed by atoms with van der Waals surface area (Å²) in [5.41, 5.74) is 0.450. The molecule has 0 saturated heterocycles. The molecule has 3 aromatic rings. The van der Waals surface area contributed by atoms with E-state index in [-0.39, 0.29) is 40.4 Å². The van der Waals surface area contributed by atoms with Gasteiger partial charge in [0.2, 0.25) is 12.5 Å². The van der Waals surface area contributed by atoms with Gasteiger partial charge >= 0.3 is 0 Å². The number of fused-ring (bicyclic) bond motifs is 2. The van der Waals surface area contributed by atoms with E-state index in [0.29, 0.717) is 17.1 Å². The van der Waals surface area contributed by atoms with Crippen molar-refractivity contribution in [3.05, 3.63) is 46.6 Å². The summed E-state index contributed by atoms with van der Waals surface area (Å²) >= 11 is 0. The van der Waals surface area contributed by atoms with Crippen molar-refractivity contribution in [1.82, 2.24) is 0 Å². The maximum absolute atomic E-state index is 12.3. The molecule has 110 valence electrons. The summed E-state index contributed by atoms with van der Waals surface area (Å²) in [5, 5.41) is 19.5. The molecule has 2 N–H and O–H groups in total. The molecule has 2 aromatic carbocycles. The quantitative estimate of drug-likeness (QED) is 0.718. The largest absolute Gasteiger partial charge is 0.508 e. The molecule has 0 bridgehead atoms. The van der Waals surface area contributed by atoms with Gasteiger partial charge in [-0.15, -0.1) is 0 Å². The fraction of sp³-hybridized carbons (Fsp3) is 0.0625. The molecular weight excluding hydrogens is 288 g/mol. The highest BCUT2D eigenvalue weighted by molar-refractivity contribution is 5.89. The van der Waals surface area contributed by atoms with Crippen molar-refractivity contribution in [3.63, 3.8) is 0 Å². The minimum atomic E-state index is -0.389. The van der Waals surface area contributed by atoms with Crippen LogP contribution >= 0.6 is 0 Å². The van der Waals surface area contributed by atoms with Gasteiger partial charge in [0.05, 0.1) is 0 Å². The number of phenolic OH excluding ortho intramolecular Hbond substituents is 2. The van der Waals surface area contributed by atoms with Crippen LogP contribution in [0.5, 0.6) is 23.0 Å². The lowest BCUT2D eigenvalue weighted by atomic mass is 10.1. The van der Waals surface area contributed by atoms with Crippen LogP contribution < -0.4 is 14.9 Å². The Labute approximate surface area is 123 Å². The highest BCUT2D eigenvalue weighted by Gasteiger charge is 2.24. The van der Waals surface area contributed by atoms with Crippen LogP contribution in [0.4, 0.5) is 0 Å². The van der Waals surface area contributed by atoms with Crippen LogP contribution in [0.3, 0.4) is 0 Å². The number of aromatic hydroxyl groups is 2. The van der Waals surface area contributed by atoms with E-state index in [2.05, 4.69) is 0 Å². The first-order valence-electron chi connectivity index (χ1n) is 6.52. The normalized spacial score (nSPS) is 12.7. The molecule has 0 unspecified atom stereocenters. The topological polar surface area (TPSA) is 89.1 Å². The van der Waals surface area contributed by atoms with E-state index >= 15 is 0 Å². The van der Waals surface area contributed by atoms with Crippen molar-refractivity contribution in [2.45, 2.75) is 0 Å². The van der Waals surface area contributed by atoms with Crippen LogP contribution in [0.15, 0.2) is 45.6 Å². The number of rotatable bonds is 1. The number of hydrogen-bond acceptors (Lipinski definition) is 6. The second-order valence-electron chi connectivity index (χ2n) is 4.85. The minimum Gasteiger partial charge on any atom is -0.508 e. The highest BCUT2D eigenvalue weighted by Crippen LogP contribution is 2.44. The molecule has 0 aliphatic carbocycles. The Morgan fingerprint density at radius 3 is 2.55 bits per heavy atom. The van der Waals surface area contributed by atoms with Crippen molar-refractivity contribution in [3.8, 4) is 34.3 Å². The average molecular weight is 298 g/mol. The molecule has 1 aliphatic heterocycles. The van der Waals surface area contributed by atoms with E-state index in [1.807, 2.05) is 0 Å². The smallest absolute Gasteiger partial charge is 0.231 e. The highest BCUT2D eigenvalue weighted by atomic mass is 16.7. The van der Waals surface area contributed by atoms with Gasteiger partial charge < -0.3 is 24.1 Å². The Hall–Kier alpha value is -3.15. The summed E-state index contributed by atoms with van der Waals surface area (Å²) in [7, 11) is 0. The lowest BCUT2D eigenvalue weighted by molar-refractivity contribution is 0.171. The molecule has 22 heavy (non-hydrogen) atoms. The van der Waals surface area contributed by atoms with E-state index in [4.69, 9.17) is 13.9 Å². The fourth-order valence-corrected chi connectivity index (χ4v) is 2.43. The molecule has 0 atom stereocenters. The monoisotopic (exact) mass is 298 g/mol. The lowest BCUT2D eigenvalue weighted by Crippen LogP contribution is -2.01. The summed E-state index contributed by atoms with van der Waals surface area (Å²) in [4.78, 5) is 12.3. The van der Waals surface area contributed by atoms with Crippen LogP contribution in [0.25, 0.3) is 22.3 Å². The first kappa shape index (κ1) is 12.6. The molecule has 0 saturated carbocycles. The maximum Gasteiger partial charge on any atom is 0.231 e. The van der Waals surface area contributed by atoms with Crippen molar-refractivity contribution in [2.75, 3.05) is 6.79 Å². The summed E-state index contributed by atoms with van der Waals surface area (Å²) < 4.78 is 16.0. The fourth-order valence-electron chi connectivity index (χ4n) is 2.43. The molecular formula is C16H10O6. The molecule has 0 amide bonds.